The van der Waals surface area contributed by atoms with E-state index in [9.17, 15) is 23.1 Å². The van der Waals surface area contributed by atoms with Crippen molar-refractivity contribution in [2.24, 2.45) is 0 Å². The van der Waals surface area contributed by atoms with E-state index in [0.717, 1.165) is 0 Å². The van der Waals surface area contributed by atoms with Crippen LogP contribution in [0.15, 0.2) is 78.0 Å². The molecule has 1 aliphatic rings. The lowest BCUT2D eigenvalue weighted by atomic mass is 9.89. The molecule has 0 bridgehead atoms. The van der Waals surface area contributed by atoms with Crippen molar-refractivity contribution < 1.29 is 27.9 Å². The fourth-order valence-corrected chi connectivity index (χ4v) is 6.57. The number of carbonyl (C=O) groups excluding carboxylic acids is 1. The molecule has 11 heteroatoms. The molecular weight excluding hydrogens is 551 g/mol. The highest BCUT2D eigenvalue weighted by Crippen LogP contribution is 2.45. The number of amides is 1. The van der Waals surface area contributed by atoms with Gasteiger partial charge in [0.15, 0.2) is 14.9 Å². The summed E-state index contributed by atoms with van der Waals surface area (Å²) in [4.78, 5) is 31.0. The van der Waals surface area contributed by atoms with Crippen molar-refractivity contribution in [3.8, 4) is 0 Å². The monoisotopic (exact) mass is 576 g/mol. The van der Waals surface area contributed by atoms with Gasteiger partial charge in [-0.2, -0.15) is 0 Å². The lowest BCUT2D eigenvalue weighted by Crippen LogP contribution is -2.56. The predicted octanol–water partition coefficient (Wildman–Crippen LogP) is 5.13. The number of pyridine rings is 1. The van der Waals surface area contributed by atoms with Gasteiger partial charge >= 0.3 is 5.97 Å². The van der Waals surface area contributed by atoms with Gasteiger partial charge in [0.05, 0.1) is 18.2 Å². The lowest BCUT2D eigenvalue weighted by molar-refractivity contribution is -0.182. The van der Waals surface area contributed by atoms with Gasteiger partial charge in [-0.3, -0.25) is 9.59 Å². The summed E-state index contributed by atoms with van der Waals surface area (Å²) in [5, 5.41) is 10.3. The van der Waals surface area contributed by atoms with Crippen molar-refractivity contribution in [1.29, 1.82) is 0 Å². The van der Waals surface area contributed by atoms with Gasteiger partial charge in [-0.1, -0.05) is 60.5 Å². The number of ether oxygens (including phenoxy) is 1. The largest absolute Gasteiger partial charge is 0.481 e. The maximum absolute atomic E-state index is 13.9. The van der Waals surface area contributed by atoms with Crippen LogP contribution < -0.4 is 0 Å². The lowest BCUT2D eigenvalue weighted by Gasteiger charge is -2.48. The van der Waals surface area contributed by atoms with Crippen molar-refractivity contribution in [1.82, 2.24) is 9.88 Å². The molecule has 3 aromatic rings. The average Bonchev–Trinajstić information content (AvgIpc) is 2.89. The molecule has 0 radical (unpaired) electrons. The first-order valence-corrected chi connectivity index (χ1v) is 14.4. The molecule has 1 aliphatic heterocycles. The molecule has 1 fully saturated rings. The van der Waals surface area contributed by atoms with Crippen molar-refractivity contribution in [2.45, 2.75) is 49.1 Å². The molecule has 4 atom stereocenters. The number of carboxylic acids is 1. The maximum atomic E-state index is 13.9. The Labute approximate surface area is 231 Å². The highest BCUT2D eigenvalue weighted by atomic mass is 35.5. The second-order valence-corrected chi connectivity index (χ2v) is 11.8. The van der Waals surface area contributed by atoms with E-state index < -0.39 is 58.2 Å². The zero-order valence-electron chi connectivity index (χ0n) is 20.4. The molecule has 1 aromatic heterocycles. The second kappa shape index (κ2) is 11.8. The Morgan fingerprint density at radius 1 is 1.05 bits per heavy atom. The Balaban J connectivity index is 1.86. The van der Waals surface area contributed by atoms with Crippen LogP contribution in [0, 0.1) is 0 Å². The molecule has 38 heavy (non-hydrogen) atoms. The quantitative estimate of drug-likeness (QED) is 0.375. The summed E-state index contributed by atoms with van der Waals surface area (Å²) in [6.45, 7) is 1.78. The minimum Gasteiger partial charge on any atom is -0.481 e. The molecule has 4 rings (SSSR count). The molecule has 1 saturated heterocycles. The number of hydrogen-bond acceptors (Lipinski definition) is 6. The molecule has 1 amide bonds. The molecule has 0 saturated carbocycles. The summed E-state index contributed by atoms with van der Waals surface area (Å²) < 4.78 is 32.8. The number of carboxylic acid groups (broad SMARTS) is 1. The molecule has 0 spiro atoms. The SMILES string of the molecule is CC[C@@H](CS(=O)(=O)c1ccccn1)N1C(=O)[C@@H](CC(=O)O)O[C@H](c2cccc(Cl)c2)C1c1ccc(Cl)cc1. The first kappa shape index (κ1) is 28.0. The summed E-state index contributed by atoms with van der Waals surface area (Å²) in [5.74, 6) is -2.22. The molecule has 2 aromatic carbocycles. The van der Waals surface area contributed by atoms with E-state index in [2.05, 4.69) is 4.98 Å². The fourth-order valence-electron chi connectivity index (χ4n) is 4.66. The van der Waals surface area contributed by atoms with Gasteiger partial charge in [0.2, 0.25) is 0 Å². The topological polar surface area (TPSA) is 114 Å². The van der Waals surface area contributed by atoms with Gasteiger partial charge in [0, 0.05) is 22.3 Å². The van der Waals surface area contributed by atoms with E-state index in [4.69, 9.17) is 27.9 Å². The standard InChI is InChI=1S/C27H26Cl2N2O6S/c1-2-21(16-38(35,36)23-8-3-4-13-30-23)31-25(17-9-11-19(28)12-10-17)26(18-6-5-7-20(29)14-18)37-22(27(31)34)15-24(32)33/h3-14,21-22,25-26H,2,15-16H2,1H3,(H,32,33)/t21-,22+,25?,26+/m0/s1. The molecule has 200 valence electrons. The van der Waals surface area contributed by atoms with Crippen LogP contribution in [0.25, 0.3) is 0 Å². The van der Waals surface area contributed by atoms with E-state index in [0.29, 0.717) is 21.2 Å². The normalized spacial score (nSPS) is 20.8. The minimum absolute atomic E-state index is 0.101. The number of sulfone groups is 1. The first-order chi connectivity index (χ1) is 18.1. The third-order valence-electron chi connectivity index (χ3n) is 6.41. The number of morpholine rings is 1. The van der Waals surface area contributed by atoms with Crippen LogP contribution in [0.5, 0.6) is 0 Å². The number of nitrogens with zero attached hydrogens (tertiary/aromatic N) is 2. The third-order valence-corrected chi connectivity index (χ3v) is 8.60. The summed E-state index contributed by atoms with van der Waals surface area (Å²) in [6, 6.07) is 16.7. The Hall–Kier alpha value is -2.98. The second-order valence-electron chi connectivity index (χ2n) is 8.95. The zero-order valence-corrected chi connectivity index (χ0v) is 22.7. The summed E-state index contributed by atoms with van der Waals surface area (Å²) in [7, 11) is -3.89. The van der Waals surface area contributed by atoms with E-state index in [1.54, 1.807) is 67.6 Å². The number of carbonyl (C=O) groups is 2. The van der Waals surface area contributed by atoms with Gasteiger partial charge < -0.3 is 14.7 Å². The van der Waals surface area contributed by atoms with Crippen LogP contribution in [-0.2, 0) is 24.2 Å². The van der Waals surface area contributed by atoms with Gasteiger partial charge in [-0.05, 0) is 53.9 Å². The van der Waals surface area contributed by atoms with Gasteiger partial charge in [0.1, 0.15) is 12.2 Å². The Bertz CT molecular complexity index is 1400. The number of rotatable bonds is 9. The minimum atomic E-state index is -3.89. The summed E-state index contributed by atoms with van der Waals surface area (Å²) in [6.07, 6.45) is -1.06. The predicted molar refractivity (Wildman–Crippen MR) is 143 cm³/mol. The highest BCUT2D eigenvalue weighted by Gasteiger charge is 2.48. The number of aromatic nitrogens is 1. The number of aliphatic carboxylic acids is 1. The average molecular weight is 577 g/mol. The van der Waals surface area contributed by atoms with Crippen LogP contribution in [0.2, 0.25) is 10.0 Å². The van der Waals surface area contributed by atoms with Crippen LogP contribution in [0.1, 0.15) is 43.0 Å². The van der Waals surface area contributed by atoms with Crippen LogP contribution in [0.3, 0.4) is 0 Å². The number of hydrogen-bond donors (Lipinski definition) is 1. The smallest absolute Gasteiger partial charge is 0.306 e. The van der Waals surface area contributed by atoms with Crippen molar-refractivity contribution in [3.63, 3.8) is 0 Å². The molecule has 0 aliphatic carbocycles. The van der Waals surface area contributed by atoms with Crippen molar-refractivity contribution in [3.05, 3.63) is 94.1 Å². The number of benzene rings is 2. The molecule has 1 N–H and O–H groups in total. The molecule has 8 nitrogen and oxygen atoms in total. The molecular formula is C27H26Cl2N2O6S. The Morgan fingerprint density at radius 2 is 1.79 bits per heavy atom. The Morgan fingerprint density at radius 3 is 2.39 bits per heavy atom. The third kappa shape index (κ3) is 6.18. The van der Waals surface area contributed by atoms with E-state index in [-0.39, 0.29) is 11.4 Å². The van der Waals surface area contributed by atoms with Crippen LogP contribution in [0.4, 0.5) is 0 Å². The van der Waals surface area contributed by atoms with Crippen molar-refractivity contribution >= 4 is 44.9 Å². The van der Waals surface area contributed by atoms with Gasteiger partial charge in [0.25, 0.3) is 5.91 Å². The molecule has 2 heterocycles. The summed E-state index contributed by atoms with van der Waals surface area (Å²) in [5.41, 5.74) is 1.27. The van der Waals surface area contributed by atoms with E-state index in [1.165, 1.54) is 17.2 Å². The van der Waals surface area contributed by atoms with Crippen LogP contribution >= 0.6 is 23.2 Å². The number of halogens is 2. The fraction of sp³-hybridized carbons (Fsp3) is 0.296. The van der Waals surface area contributed by atoms with E-state index >= 15 is 0 Å². The van der Waals surface area contributed by atoms with Crippen LogP contribution in [-0.4, -0.2) is 53.2 Å². The molecule has 1 unspecified atom stereocenters. The first-order valence-electron chi connectivity index (χ1n) is 11.9. The van der Waals surface area contributed by atoms with E-state index in [1.807, 2.05) is 0 Å². The Kier molecular flexibility index (Phi) is 8.72. The van der Waals surface area contributed by atoms with Crippen molar-refractivity contribution in [2.75, 3.05) is 5.75 Å². The maximum Gasteiger partial charge on any atom is 0.306 e. The zero-order chi connectivity index (χ0) is 27.4. The van der Waals surface area contributed by atoms with Gasteiger partial charge in [-0.15, -0.1) is 0 Å². The summed E-state index contributed by atoms with van der Waals surface area (Å²) >= 11 is 12.4. The van der Waals surface area contributed by atoms with Gasteiger partial charge in [-0.25, -0.2) is 13.4 Å². The highest BCUT2D eigenvalue weighted by molar-refractivity contribution is 7.91.